The number of nitrogen functional groups attached to an aromatic ring is 1. The summed E-state index contributed by atoms with van der Waals surface area (Å²) in [4.78, 5) is 41.3. The number of pyridine rings is 1. The fourth-order valence-corrected chi connectivity index (χ4v) is 2.68. The van der Waals surface area contributed by atoms with E-state index in [9.17, 15) is 14.4 Å². The van der Waals surface area contributed by atoms with Crippen LogP contribution in [0.4, 0.5) is 17.2 Å². The third-order valence-corrected chi connectivity index (χ3v) is 4.52. The molecule has 2 aromatic rings. The van der Waals surface area contributed by atoms with E-state index in [1.54, 1.807) is 49.5 Å². The highest BCUT2D eigenvalue weighted by molar-refractivity contribution is 5.94. The highest BCUT2D eigenvalue weighted by Crippen LogP contribution is 2.16. The molecule has 8 heteroatoms. The average molecular weight is 422 g/mol. The molecule has 1 heterocycles. The number of nitrogens with zero attached hydrogens (tertiary/aromatic N) is 1. The molecule has 1 unspecified atom stereocenters. The Bertz CT molecular complexity index is 1040. The molecule has 0 saturated heterocycles. The smallest absolute Gasteiger partial charge is 0.254 e. The van der Waals surface area contributed by atoms with E-state index in [2.05, 4.69) is 33.8 Å². The van der Waals surface area contributed by atoms with E-state index in [0.29, 0.717) is 41.8 Å². The highest BCUT2D eigenvalue weighted by Gasteiger charge is 2.10. The quantitative estimate of drug-likeness (QED) is 0.252. The lowest BCUT2D eigenvalue weighted by Gasteiger charge is -2.14. The van der Waals surface area contributed by atoms with Crippen LogP contribution < -0.4 is 21.9 Å². The van der Waals surface area contributed by atoms with Gasteiger partial charge in [0.05, 0.1) is 5.69 Å². The number of nitrogens with one attached hydrogen (secondary N) is 3. The van der Waals surface area contributed by atoms with Gasteiger partial charge in [0.15, 0.2) is 0 Å². The molecule has 0 fully saturated rings. The summed E-state index contributed by atoms with van der Waals surface area (Å²) >= 11 is 0. The molecular weight excluding hydrogens is 394 g/mol. The van der Waals surface area contributed by atoms with Gasteiger partial charge in [0.1, 0.15) is 12.1 Å². The number of rotatable bonds is 11. The average Bonchev–Trinajstić information content (AvgIpc) is 2.76. The molecule has 5 N–H and O–H groups in total. The molecule has 8 nitrogen and oxygen atoms in total. The maximum absolute atomic E-state index is 12.3. The second-order valence-corrected chi connectivity index (χ2v) is 6.97. The molecular formula is C23H27N5O3. The molecule has 1 aromatic carbocycles. The second-order valence-electron chi connectivity index (χ2n) is 6.97. The first-order valence-electron chi connectivity index (χ1n) is 9.76. The number of aliphatic imine (C=N–C) groups is 1. The van der Waals surface area contributed by atoms with Gasteiger partial charge in [-0.15, -0.1) is 6.58 Å². The number of nitrogens with two attached hydrogens (primary N) is 1. The van der Waals surface area contributed by atoms with Gasteiger partial charge >= 0.3 is 0 Å². The van der Waals surface area contributed by atoms with Crippen LogP contribution in [-0.4, -0.2) is 36.0 Å². The largest absolute Gasteiger partial charge is 0.385 e. The third-order valence-electron chi connectivity index (χ3n) is 4.52. The summed E-state index contributed by atoms with van der Waals surface area (Å²) in [5.74, 6) is 0.0187. The van der Waals surface area contributed by atoms with Crippen LogP contribution in [0.25, 0.3) is 0 Å². The number of aromatic nitrogens is 1. The first kappa shape index (κ1) is 23.3. The Hall–Kier alpha value is -3.94. The Morgan fingerprint density at radius 1 is 1.32 bits per heavy atom. The molecule has 1 amide bonds. The van der Waals surface area contributed by atoms with Crippen molar-refractivity contribution in [2.45, 2.75) is 25.8 Å². The number of aldehydes is 1. The van der Waals surface area contributed by atoms with Crippen molar-refractivity contribution in [1.82, 2.24) is 10.3 Å². The molecule has 0 bridgehead atoms. The maximum atomic E-state index is 12.3. The van der Waals surface area contributed by atoms with Crippen molar-refractivity contribution in [3.63, 3.8) is 0 Å². The van der Waals surface area contributed by atoms with Gasteiger partial charge in [-0.2, -0.15) is 0 Å². The number of H-pyrrole nitrogens is 1. The van der Waals surface area contributed by atoms with E-state index < -0.39 is 0 Å². The Morgan fingerprint density at radius 2 is 2.03 bits per heavy atom. The number of benzene rings is 1. The molecule has 0 aliphatic heterocycles. The summed E-state index contributed by atoms with van der Waals surface area (Å²) in [6.07, 6.45) is 4.89. The normalized spacial score (nSPS) is 11.6. The van der Waals surface area contributed by atoms with E-state index in [4.69, 9.17) is 5.73 Å². The number of aromatic amines is 1. The lowest BCUT2D eigenvalue weighted by atomic mass is 10.1. The number of amides is 1. The highest BCUT2D eigenvalue weighted by atomic mass is 16.1. The van der Waals surface area contributed by atoms with Crippen LogP contribution in [0.3, 0.4) is 0 Å². The van der Waals surface area contributed by atoms with Crippen molar-refractivity contribution >= 4 is 35.6 Å². The van der Waals surface area contributed by atoms with Crippen LogP contribution in [-0.2, 0) is 4.79 Å². The van der Waals surface area contributed by atoms with Crippen LogP contribution >= 0.6 is 0 Å². The van der Waals surface area contributed by atoms with Crippen molar-refractivity contribution in [3.8, 4) is 0 Å². The van der Waals surface area contributed by atoms with Crippen LogP contribution in [0.15, 0.2) is 64.9 Å². The molecule has 0 aliphatic rings. The van der Waals surface area contributed by atoms with E-state index in [-0.39, 0.29) is 23.3 Å². The maximum Gasteiger partial charge on any atom is 0.254 e. The van der Waals surface area contributed by atoms with E-state index >= 15 is 0 Å². The minimum Gasteiger partial charge on any atom is -0.385 e. The fourth-order valence-electron chi connectivity index (χ4n) is 2.68. The van der Waals surface area contributed by atoms with Gasteiger partial charge in [0.25, 0.3) is 11.5 Å². The molecule has 0 aliphatic carbocycles. The zero-order chi connectivity index (χ0) is 22.8. The summed E-state index contributed by atoms with van der Waals surface area (Å²) in [7, 11) is 0. The van der Waals surface area contributed by atoms with E-state index in [1.165, 1.54) is 0 Å². The Morgan fingerprint density at radius 3 is 2.68 bits per heavy atom. The topological polar surface area (TPSA) is 129 Å². The molecule has 1 aromatic heterocycles. The van der Waals surface area contributed by atoms with E-state index in [1.807, 2.05) is 0 Å². The summed E-state index contributed by atoms with van der Waals surface area (Å²) in [6, 6.07) is 8.32. The van der Waals surface area contributed by atoms with Gasteiger partial charge in [0.2, 0.25) is 0 Å². The zero-order valence-corrected chi connectivity index (χ0v) is 17.5. The van der Waals surface area contributed by atoms with Crippen molar-refractivity contribution in [2.75, 3.05) is 17.6 Å². The number of carbonyl (C=O) groups is 2. The first-order chi connectivity index (χ1) is 14.8. The molecule has 31 heavy (non-hydrogen) atoms. The summed E-state index contributed by atoms with van der Waals surface area (Å²) in [5, 5.41) is 6.02. The monoisotopic (exact) mass is 421 g/mol. The van der Waals surface area contributed by atoms with Gasteiger partial charge < -0.3 is 26.1 Å². The third kappa shape index (κ3) is 7.11. The van der Waals surface area contributed by atoms with Gasteiger partial charge in [-0.25, -0.2) is 0 Å². The Kier molecular flexibility index (Phi) is 8.51. The standard InChI is InChI=1S/C23H27N5O3/c1-4-18(6-5-11-29)27-23(31)17-7-9-19(10-8-17)25-13-15(2)14-26-20-12-21(24)28-22(30)16(20)3/h4,7-12,14,18,25H,1-2,5-6,13H2,3H3,(H,27,31)(H3,24,28,30). The summed E-state index contributed by atoms with van der Waals surface area (Å²) < 4.78 is 0. The van der Waals surface area contributed by atoms with E-state index in [0.717, 1.165) is 12.0 Å². The minimum absolute atomic E-state index is 0.230. The van der Waals surface area contributed by atoms with Crippen molar-refractivity contribution < 1.29 is 9.59 Å². The van der Waals surface area contributed by atoms with Crippen LogP contribution in [0.5, 0.6) is 0 Å². The predicted molar refractivity (Wildman–Crippen MR) is 125 cm³/mol. The number of hydrogen-bond acceptors (Lipinski definition) is 6. The van der Waals surface area contributed by atoms with Gasteiger partial charge in [0, 0.05) is 48.1 Å². The molecule has 2 rings (SSSR count). The van der Waals surface area contributed by atoms with Gasteiger partial charge in [-0.3, -0.25) is 14.6 Å². The lowest BCUT2D eigenvalue weighted by Crippen LogP contribution is -2.33. The Balaban J connectivity index is 1.91. The number of hydrogen-bond donors (Lipinski definition) is 4. The SMILES string of the molecule is C=CC(CCC=O)NC(=O)c1ccc(NCC(=C)C=Nc2cc(N)[nH]c(=O)c2C)cc1. The molecule has 0 saturated carbocycles. The molecule has 162 valence electrons. The van der Waals surface area contributed by atoms with Crippen molar-refractivity contribution in [3.05, 3.63) is 76.6 Å². The Labute approximate surface area is 181 Å². The summed E-state index contributed by atoms with van der Waals surface area (Å²) in [6.45, 7) is 9.72. The van der Waals surface area contributed by atoms with Gasteiger partial charge in [-0.1, -0.05) is 12.7 Å². The van der Waals surface area contributed by atoms with Crippen LogP contribution in [0.2, 0.25) is 0 Å². The molecule has 0 radical (unpaired) electrons. The first-order valence-corrected chi connectivity index (χ1v) is 9.76. The number of carbonyl (C=O) groups excluding carboxylic acids is 2. The van der Waals surface area contributed by atoms with Crippen molar-refractivity contribution in [2.24, 2.45) is 4.99 Å². The molecule has 1 atom stereocenters. The van der Waals surface area contributed by atoms with Crippen LogP contribution in [0, 0.1) is 6.92 Å². The lowest BCUT2D eigenvalue weighted by molar-refractivity contribution is -0.108. The molecule has 0 spiro atoms. The van der Waals surface area contributed by atoms with Crippen molar-refractivity contribution in [1.29, 1.82) is 0 Å². The van der Waals surface area contributed by atoms with Crippen LogP contribution in [0.1, 0.15) is 28.8 Å². The van der Waals surface area contributed by atoms with Gasteiger partial charge in [-0.05, 0) is 43.2 Å². The predicted octanol–water partition coefficient (Wildman–Crippen LogP) is 2.90. The fraction of sp³-hybridized carbons (Fsp3) is 0.217. The minimum atomic E-state index is -0.275. The second kappa shape index (κ2) is 11.3. The number of anilines is 2. The summed E-state index contributed by atoms with van der Waals surface area (Å²) in [5.41, 5.74) is 8.35. The zero-order valence-electron chi connectivity index (χ0n) is 17.5.